The van der Waals surface area contributed by atoms with Crippen LogP contribution in [0, 0.1) is 6.92 Å². The van der Waals surface area contributed by atoms with E-state index in [9.17, 15) is 13.5 Å². The maximum absolute atomic E-state index is 12.6. The molecule has 2 aromatic carbocycles. The standard InChI is InChI=1S/C16H18O4S/c1-3-10-20-14-6-9-16(12(2)11-14)21(18,19)15-7-4-13(17)5-8-15/h4-9,11,17H,3,10H2,1-2H3. The fourth-order valence-electron chi connectivity index (χ4n) is 1.99. The molecule has 5 heteroatoms. The minimum Gasteiger partial charge on any atom is -0.508 e. The molecule has 1 N–H and O–H groups in total. The maximum Gasteiger partial charge on any atom is 0.206 e. The second-order valence-electron chi connectivity index (χ2n) is 4.77. The first-order chi connectivity index (χ1) is 9.95. The molecule has 0 aliphatic heterocycles. The van der Waals surface area contributed by atoms with Crippen molar-refractivity contribution in [2.75, 3.05) is 6.61 Å². The quantitative estimate of drug-likeness (QED) is 0.920. The summed E-state index contributed by atoms with van der Waals surface area (Å²) in [6.07, 6.45) is 0.895. The second kappa shape index (κ2) is 6.18. The molecule has 0 fully saturated rings. The molecule has 0 amide bonds. The van der Waals surface area contributed by atoms with E-state index in [1.807, 2.05) is 6.92 Å². The first-order valence-electron chi connectivity index (χ1n) is 6.72. The maximum atomic E-state index is 12.6. The average Bonchev–Trinajstić information content (AvgIpc) is 2.45. The molecule has 0 aliphatic rings. The van der Waals surface area contributed by atoms with Crippen LogP contribution in [0.15, 0.2) is 52.3 Å². The van der Waals surface area contributed by atoms with E-state index in [1.54, 1.807) is 25.1 Å². The van der Waals surface area contributed by atoms with Gasteiger partial charge in [-0.2, -0.15) is 0 Å². The lowest BCUT2D eigenvalue weighted by Crippen LogP contribution is -2.04. The van der Waals surface area contributed by atoms with Crippen molar-refractivity contribution in [3.63, 3.8) is 0 Å². The van der Waals surface area contributed by atoms with Crippen LogP contribution in [-0.2, 0) is 9.84 Å². The van der Waals surface area contributed by atoms with Gasteiger partial charge in [-0.1, -0.05) is 6.92 Å². The molecular weight excluding hydrogens is 288 g/mol. The summed E-state index contributed by atoms with van der Waals surface area (Å²) in [5.74, 6) is 0.702. The number of sulfone groups is 1. The molecule has 0 radical (unpaired) electrons. The number of hydrogen-bond acceptors (Lipinski definition) is 4. The number of phenols is 1. The van der Waals surface area contributed by atoms with Crippen LogP contribution in [0.4, 0.5) is 0 Å². The van der Waals surface area contributed by atoms with Crippen LogP contribution in [-0.4, -0.2) is 20.1 Å². The molecule has 21 heavy (non-hydrogen) atoms. The minimum absolute atomic E-state index is 0.0361. The number of ether oxygens (including phenoxy) is 1. The fraction of sp³-hybridized carbons (Fsp3) is 0.250. The van der Waals surface area contributed by atoms with Gasteiger partial charge < -0.3 is 9.84 Å². The minimum atomic E-state index is -3.59. The summed E-state index contributed by atoms with van der Waals surface area (Å²) >= 11 is 0. The Kier molecular flexibility index (Phi) is 4.53. The zero-order chi connectivity index (χ0) is 15.5. The molecule has 0 aliphatic carbocycles. The summed E-state index contributed by atoms with van der Waals surface area (Å²) in [4.78, 5) is 0.405. The van der Waals surface area contributed by atoms with E-state index in [-0.39, 0.29) is 15.5 Å². The number of benzene rings is 2. The normalized spacial score (nSPS) is 11.3. The second-order valence-corrected chi connectivity index (χ2v) is 6.69. The van der Waals surface area contributed by atoms with E-state index in [0.717, 1.165) is 6.42 Å². The molecule has 0 aromatic heterocycles. The van der Waals surface area contributed by atoms with Crippen LogP contribution in [0.2, 0.25) is 0 Å². The van der Waals surface area contributed by atoms with Gasteiger partial charge in [0.15, 0.2) is 0 Å². The van der Waals surface area contributed by atoms with Crippen molar-refractivity contribution >= 4 is 9.84 Å². The highest BCUT2D eigenvalue weighted by molar-refractivity contribution is 7.91. The Hall–Kier alpha value is -2.01. The number of aryl methyl sites for hydroxylation is 1. The van der Waals surface area contributed by atoms with Crippen LogP contribution >= 0.6 is 0 Å². The molecular formula is C16H18O4S. The molecule has 2 rings (SSSR count). The zero-order valence-corrected chi connectivity index (χ0v) is 12.9. The summed E-state index contributed by atoms with van der Waals surface area (Å²) < 4.78 is 30.6. The largest absolute Gasteiger partial charge is 0.508 e. The molecule has 4 nitrogen and oxygen atoms in total. The van der Waals surface area contributed by atoms with Gasteiger partial charge in [0.1, 0.15) is 11.5 Å². The smallest absolute Gasteiger partial charge is 0.206 e. The molecule has 0 saturated carbocycles. The summed E-state index contributed by atoms with van der Waals surface area (Å²) in [6, 6.07) is 10.5. The van der Waals surface area contributed by atoms with Gasteiger partial charge >= 0.3 is 0 Å². The Morgan fingerprint density at radius 1 is 1.10 bits per heavy atom. The van der Waals surface area contributed by atoms with Gasteiger partial charge in [-0.15, -0.1) is 0 Å². The number of phenolic OH excluding ortho intramolecular Hbond substituents is 1. The Morgan fingerprint density at radius 2 is 1.76 bits per heavy atom. The number of rotatable bonds is 5. The van der Waals surface area contributed by atoms with Gasteiger partial charge in [-0.25, -0.2) is 8.42 Å². The predicted octanol–water partition coefficient (Wildman–Crippen LogP) is 3.32. The van der Waals surface area contributed by atoms with Crippen molar-refractivity contribution in [3.8, 4) is 11.5 Å². The van der Waals surface area contributed by atoms with E-state index in [2.05, 4.69) is 0 Å². The van der Waals surface area contributed by atoms with Crippen molar-refractivity contribution < 1.29 is 18.3 Å². The van der Waals surface area contributed by atoms with Gasteiger partial charge in [0.05, 0.1) is 16.4 Å². The molecule has 0 saturated heterocycles. The zero-order valence-electron chi connectivity index (χ0n) is 12.0. The van der Waals surface area contributed by atoms with Crippen molar-refractivity contribution in [2.24, 2.45) is 0 Å². The fourth-order valence-corrected chi connectivity index (χ4v) is 3.46. The summed E-state index contributed by atoms with van der Waals surface area (Å²) in [7, 11) is -3.59. The topological polar surface area (TPSA) is 63.6 Å². The Labute approximate surface area is 124 Å². The van der Waals surface area contributed by atoms with Crippen LogP contribution in [0.5, 0.6) is 11.5 Å². The lowest BCUT2D eigenvalue weighted by atomic mass is 10.2. The Balaban J connectivity index is 2.38. The van der Waals surface area contributed by atoms with Crippen molar-refractivity contribution in [1.29, 1.82) is 0 Å². The van der Waals surface area contributed by atoms with Crippen LogP contribution in [0.1, 0.15) is 18.9 Å². The third-order valence-electron chi connectivity index (χ3n) is 3.06. The van der Waals surface area contributed by atoms with Crippen molar-refractivity contribution in [3.05, 3.63) is 48.0 Å². The van der Waals surface area contributed by atoms with Gasteiger partial charge in [0, 0.05) is 0 Å². The van der Waals surface area contributed by atoms with E-state index in [0.29, 0.717) is 17.9 Å². The van der Waals surface area contributed by atoms with E-state index in [1.165, 1.54) is 24.3 Å². The first kappa shape index (κ1) is 15.4. The lowest BCUT2D eigenvalue weighted by molar-refractivity contribution is 0.317. The number of hydrogen-bond donors (Lipinski definition) is 1. The van der Waals surface area contributed by atoms with Gasteiger partial charge in [-0.3, -0.25) is 0 Å². The SMILES string of the molecule is CCCOc1ccc(S(=O)(=O)c2ccc(O)cc2)c(C)c1. The van der Waals surface area contributed by atoms with Gasteiger partial charge in [0.25, 0.3) is 0 Å². The third-order valence-corrected chi connectivity index (χ3v) is 4.99. The van der Waals surface area contributed by atoms with Crippen molar-refractivity contribution in [1.82, 2.24) is 0 Å². The van der Waals surface area contributed by atoms with E-state index >= 15 is 0 Å². The molecule has 0 spiro atoms. The van der Waals surface area contributed by atoms with E-state index < -0.39 is 9.84 Å². The highest BCUT2D eigenvalue weighted by atomic mass is 32.2. The molecule has 2 aromatic rings. The summed E-state index contributed by atoms with van der Waals surface area (Å²) in [5, 5.41) is 9.26. The summed E-state index contributed by atoms with van der Waals surface area (Å²) in [5.41, 5.74) is 0.636. The van der Waals surface area contributed by atoms with Gasteiger partial charge in [-0.05, 0) is 61.4 Å². The van der Waals surface area contributed by atoms with Gasteiger partial charge in [0.2, 0.25) is 9.84 Å². The Morgan fingerprint density at radius 3 is 2.33 bits per heavy atom. The highest BCUT2D eigenvalue weighted by Gasteiger charge is 2.20. The predicted molar refractivity (Wildman–Crippen MR) is 80.5 cm³/mol. The molecule has 0 unspecified atom stereocenters. The van der Waals surface area contributed by atoms with Crippen molar-refractivity contribution in [2.45, 2.75) is 30.1 Å². The highest BCUT2D eigenvalue weighted by Crippen LogP contribution is 2.27. The molecule has 0 bridgehead atoms. The van der Waals surface area contributed by atoms with Crippen LogP contribution in [0.3, 0.4) is 0 Å². The number of aromatic hydroxyl groups is 1. The summed E-state index contributed by atoms with van der Waals surface area (Å²) in [6.45, 7) is 4.35. The molecule has 0 atom stereocenters. The molecule has 112 valence electrons. The van der Waals surface area contributed by atoms with E-state index in [4.69, 9.17) is 4.74 Å². The first-order valence-corrected chi connectivity index (χ1v) is 8.21. The van der Waals surface area contributed by atoms with Crippen LogP contribution < -0.4 is 4.74 Å². The third kappa shape index (κ3) is 3.36. The Bertz CT molecular complexity index is 718. The van der Waals surface area contributed by atoms with Crippen LogP contribution in [0.25, 0.3) is 0 Å². The lowest BCUT2D eigenvalue weighted by Gasteiger charge is -2.10. The average molecular weight is 306 g/mol. The monoisotopic (exact) mass is 306 g/mol. The molecule has 0 heterocycles.